The molecule has 7 nitrogen and oxygen atoms in total. The third-order valence-corrected chi connectivity index (χ3v) is 3.13. The zero-order chi connectivity index (χ0) is 16.8. The Hall–Kier alpha value is -3.29. The lowest BCUT2D eigenvalue weighted by Gasteiger charge is -2.09. The lowest BCUT2D eigenvalue weighted by atomic mass is 10.2. The number of carbonyl (C=O) groups is 1. The molecule has 1 aromatic heterocycles. The fourth-order valence-electron chi connectivity index (χ4n) is 2.01. The zero-order valence-electron chi connectivity index (χ0n) is 12.6. The first-order valence-electron chi connectivity index (χ1n) is 7.17. The number of rotatable bonds is 6. The van der Waals surface area contributed by atoms with Crippen molar-refractivity contribution in [1.82, 2.24) is 20.2 Å². The van der Waals surface area contributed by atoms with Crippen LogP contribution >= 0.6 is 0 Å². The lowest BCUT2D eigenvalue weighted by Crippen LogP contribution is -2.19. The number of ether oxygens (including phenoxy) is 1. The van der Waals surface area contributed by atoms with Crippen LogP contribution in [-0.2, 0) is 17.9 Å². The third kappa shape index (κ3) is 4.35. The number of carbonyl (C=O) groups excluding carboxylic acids is 1. The van der Waals surface area contributed by atoms with E-state index in [4.69, 9.17) is 4.74 Å². The van der Waals surface area contributed by atoms with Gasteiger partial charge in [0.15, 0.2) is 0 Å². The number of tetrazole rings is 1. The maximum absolute atomic E-state index is 12.9. The summed E-state index contributed by atoms with van der Waals surface area (Å²) in [4.78, 5) is 11.9. The second-order valence-corrected chi connectivity index (χ2v) is 5.00. The van der Waals surface area contributed by atoms with Crippen molar-refractivity contribution in [2.24, 2.45) is 0 Å². The molecule has 0 bridgehead atoms. The molecule has 0 atom stereocenters. The predicted molar refractivity (Wildman–Crippen MR) is 83.6 cm³/mol. The molecule has 24 heavy (non-hydrogen) atoms. The Labute approximate surface area is 137 Å². The molecule has 0 radical (unpaired) electrons. The van der Waals surface area contributed by atoms with Crippen molar-refractivity contribution in [2.45, 2.75) is 13.2 Å². The Kier molecular flexibility index (Phi) is 4.76. The van der Waals surface area contributed by atoms with E-state index in [1.807, 2.05) is 0 Å². The summed E-state index contributed by atoms with van der Waals surface area (Å²) in [5.74, 6) is 0.0589. The van der Waals surface area contributed by atoms with Gasteiger partial charge in [-0.3, -0.25) is 4.79 Å². The average molecular weight is 327 g/mol. The summed E-state index contributed by atoms with van der Waals surface area (Å²) in [5, 5.41) is 13.3. The van der Waals surface area contributed by atoms with E-state index < -0.39 is 0 Å². The van der Waals surface area contributed by atoms with Gasteiger partial charge in [-0.05, 0) is 40.3 Å². The summed E-state index contributed by atoms with van der Waals surface area (Å²) >= 11 is 0. The second-order valence-electron chi connectivity index (χ2n) is 5.00. The van der Waals surface area contributed by atoms with Crippen molar-refractivity contribution in [2.75, 3.05) is 5.32 Å². The molecule has 1 amide bonds. The van der Waals surface area contributed by atoms with Crippen LogP contribution in [0.25, 0.3) is 0 Å². The van der Waals surface area contributed by atoms with Gasteiger partial charge in [0.1, 0.15) is 31.0 Å². The number of nitrogens with one attached hydrogen (secondary N) is 1. The topological polar surface area (TPSA) is 81.9 Å². The van der Waals surface area contributed by atoms with E-state index in [0.29, 0.717) is 18.0 Å². The predicted octanol–water partition coefficient (Wildman–Crippen LogP) is 2.03. The minimum atomic E-state index is -0.286. The molecule has 0 spiro atoms. The monoisotopic (exact) mass is 327 g/mol. The summed E-state index contributed by atoms with van der Waals surface area (Å²) < 4.78 is 19.8. The molecule has 3 aromatic rings. The number of hydrogen-bond donors (Lipinski definition) is 1. The number of halogens is 1. The van der Waals surface area contributed by atoms with E-state index >= 15 is 0 Å². The van der Waals surface area contributed by atoms with E-state index in [-0.39, 0.29) is 18.3 Å². The van der Waals surface area contributed by atoms with Crippen LogP contribution in [-0.4, -0.2) is 26.1 Å². The molecular formula is C16H14FN5O2. The van der Waals surface area contributed by atoms with Crippen molar-refractivity contribution in [3.05, 3.63) is 66.2 Å². The molecule has 8 heteroatoms. The van der Waals surface area contributed by atoms with E-state index in [9.17, 15) is 9.18 Å². The quantitative estimate of drug-likeness (QED) is 0.749. The fraction of sp³-hybridized carbons (Fsp3) is 0.125. The minimum Gasteiger partial charge on any atom is -0.489 e. The van der Waals surface area contributed by atoms with E-state index in [0.717, 1.165) is 5.56 Å². The number of anilines is 1. The summed E-state index contributed by atoms with van der Waals surface area (Å²) in [6.07, 6.45) is 1.36. The molecular weight excluding hydrogens is 313 g/mol. The molecule has 1 heterocycles. The number of benzene rings is 2. The van der Waals surface area contributed by atoms with Gasteiger partial charge in [0.25, 0.3) is 0 Å². The van der Waals surface area contributed by atoms with Gasteiger partial charge < -0.3 is 10.1 Å². The molecule has 0 saturated carbocycles. The summed E-state index contributed by atoms with van der Waals surface area (Å²) in [5.41, 5.74) is 1.45. The molecule has 2 aromatic carbocycles. The van der Waals surface area contributed by atoms with Gasteiger partial charge in [0, 0.05) is 11.8 Å². The van der Waals surface area contributed by atoms with Crippen LogP contribution < -0.4 is 10.1 Å². The highest BCUT2D eigenvalue weighted by Gasteiger charge is 2.05. The van der Waals surface area contributed by atoms with E-state index in [1.165, 1.54) is 23.1 Å². The number of aromatic nitrogens is 4. The molecule has 0 aliphatic carbocycles. The SMILES string of the molecule is O=C(Cn1cnnn1)Nc1cccc(OCc2ccc(F)cc2)c1. The van der Waals surface area contributed by atoms with Gasteiger partial charge in [-0.1, -0.05) is 18.2 Å². The molecule has 122 valence electrons. The normalized spacial score (nSPS) is 10.4. The minimum absolute atomic E-state index is 0.0215. The van der Waals surface area contributed by atoms with Gasteiger partial charge in [-0.15, -0.1) is 5.10 Å². The van der Waals surface area contributed by atoms with Gasteiger partial charge in [0.2, 0.25) is 5.91 Å². The van der Waals surface area contributed by atoms with Crippen LogP contribution in [0, 0.1) is 5.82 Å². The molecule has 0 saturated heterocycles. The number of hydrogen-bond acceptors (Lipinski definition) is 5. The Bertz CT molecular complexity index is 806. The first-order chi connectivity index (χ1) is 11.7. The molecule has 0 aliphatic rings. The highest BCUT2D eigenvalue weighted by Crippen LogP contribution is 2.18. The van der Waals surface area contributed by atoms with Crippen molar-refractivity contribution < 1.29 is 13.9 Å². The Morgan fingerprint density at radius 3 is 2.79 bits per heavy atom. The van der Waals surface area contributed by atoms with Crippen LogP contribution in [0.5, 0.6) is 5.75 Å². The maximum atomic E-state index is 12.9. The first-order valence-corrected chi connectivity index (χ1v) is 7.17. The van der Waals surface area contributed by atoms with Crippen LogP contribution in [0.1, 0.15) is 5.56 Å². The standard InChI is InChI=1S/C16H14FN5O2/c17-13-6-4-12(5-7-13)10-24-15-3-1-2-14(8-15)19-16(23)9-22-11-18-20-21-22/h1-8,11H,9-10H2,(H,19,23). The first kappa shape index (κ1) is 15.6. The van der Waals surface area contributed by atoms with Crippen LogP contribution in [0.4, 0.5) is 10.1 Å². The smallest absolute Gasteiger partial charge is 0.246 e. The summed E-state index contributed by atoms with van der Waals surface area (Å²) in [6, 6.07) is 13.1. The van der Waals surface area contributed by atoms with Gasteiger partial charge >= 0.3 is 0 Å². The number of nitrogens with zero attached hydrogens (tertiary/aromatic N) is 4. The number of amides is 1. The highest BCUT2D eigenvalue weighted by molar-refractivity contribution is 5.90. The summed E-state index contributed by atoms with van der Waals surface area (Å²) in [6.45, 7) is 0.329. The average Bonchev–Trinajstić information content (AvgIpc) is 3.07. The Morgan fingerprint density at radius 1 is 1.21 bits per heavy atom. The third-order valence-electron chi connectivity index (χ3n) is 3.13. The van der Waals surface area contributed by atoms with Crippen molar-refractivity contribution >= 4 is 11.6 Å². The zero-order valence-corrected chi connectivity index (χ0v) is 12.6. The van der Waals surface area contributed by atoms with Crippen molar-refractivity contribution in [3.8, 4) is 5.75 Å². The fourth-order valence-corrected chi connectivity index (χ4v) is 2.01. The molecule has 3 rings (SSSR count). The van der Waals surface area contributed by atoms with Crippen molar-refractivity contribution in [3.63, 3.8) is 0 Å². The molecule has 0 fully saturated rings. The highest BCUT2D eigenvalue weighted by atomic mass is 19.1. The second kappa shape index (κ2) is 7.32. The van der Waals surface area contributed by atoms with Crippen molar-refractivity contribution in [1.29, 1.82) is 0 Å². The Balaban J connectivity index is 1.57. The molecule has 0 unspecified atom stereocenters. The molecule has 0 aliphatic heterocycles. The lowest BCUT2D eigenvalue weighted by molar-refractivity contribution is -0.116. The van der Waals surface area contributed by atoms with E-state index in [1.54, 1.807) is 36.4 Å². The van der Waals surface area contributed by atoms with Gasteiger partial charge in [-0.25, -0.2) is 9.07 Å². The van der Waals surface area contributed by atoms with Crippen LogP contribution in [0.15, 0.2) is 54.9 Å². The molecule has 1 N–H and O–H groups in total. The van der Waals surface area contributed by atoms with Gasteiger partial charge in [0.05, 0.1) is 0 Å². The maximum Gasteiger partial charge on any atom is 0.246 e. The largest absolute Gasteiger partial charge is 0.489 e. The van der Waals surface area contributed by atoms with Crippen LogP contribution in [0.3, 0.4) is 0 Å². The van der Waals surface area contributed by atoms with Crippen LogP contribution in [0.2, 0.25) is 0 Å². The Morgan fingerprint density at radius 2 is 2.04 bits per heavy atom. The van der Waals surface area contributed by atoms with E-state index in [2.05, 4.69) is 20.8 Å². The summed E-state index contributed by atoms with van der Waals surface area (Å²) in [7, 11) is 0. The van der Waals surface area contributed by atoms with Gasteiger partial charge in [-0.2, -0.15) is 0 Å².